The minimum Gasteiger partial charge on any atom is -0.353 e. The Morgan fingerprint density at radius 1 is 1.00 bits per heavy atom. The van der Waals surface area contributed by atoms with Gasteiger partial charge in [-0.15, -0.1) is 11.3 Å². The molecule has 34 heavy (non-hydrogen) atoms. The molecule has 8 heteroatoms. The number of aromatic amines is 2. The van der Waals surface area contributed by atoms with Crippen molar-refractivity contribution in [3.05, 3.63) is 71.5 Å². The van der Waals surface area contributed by atoms with Crippen LogP contribution in [0, 0.1) is 6.92 Å². The van der Waals surface area contributed by atoms with Gasteiger partial charge >= 0.3 is 0 Å². The lowest BCUT2D eigenvalue weighted by Crippen LogP contribution is -2.11. The Labute approximate surface area is 200 Å². The lowest BCUT2D eigenvalue weighted by Gasteiger charge is -2.05. The van der Waals surface area contributed by atoms with E-state index < -0.39 is 0 Å². The van der Waals surface area contributed by atoms with Crippen LogP contribution in [0.2, 0.25) is 0 Å². The number of nitrogens with zero attached hydrogens (tertiary/aromatic N) is 4. The minimum atomic E-state index is 0.783. The Bertz CT molecular complexity index is 1630. The third-order valence-electron chi connectivity index (χ3n) is 5.85. The monoisotopic (exact) mass is 465 g/mol. The molecule has 0 aliphatic heterocycles. The average Bonchev–Trinajstić information content (AvgIpc) is 3.59. The third-order valence-corrected chi connectivity index (χ3v) is 6.86. The third kappa shape index (κ3) is 3.67. The molecule has 6 rings (SSSR count). The summed E-state index contributed by atoms with van der Waals surface area (Å²) in [5.74, 6) is 0. The van der Waals surface area contributed by atoms with Crippen LogP contribution in [0.25, 0.3) is 55.2 Å². The van der Waals surface area contributed by atoms with Gasteiger partial charge in [0.25, 0.3) is 0 Å². The summed E-state index contributed by atoms with van der Waals surface area (Å²) in [4.78, 5) is 20.0. The van der Waals surface area contributed by atoms with Gasteiger partial charge in [-0.2, -0.15) is 5.10 Å². The number of thiophene rings is 1. The quantitative estimate of drug-likeness (QED) is 0.293. The van der Waals surface area contributed by atoms with E-state index in [1.807, 2.05) is 36.8 Å². The fourth-order valence-electron chi connectivity index (χ4n) is 4.18. The zero-order chi connectivity index (χ0) is 23.1. The largest absolute Gasteiger partial charge is 0.353 e. The second-order valence-corrected chi connectivity index (χ2v) is 9.53. The molecule has 6 aromatic heterocycles. The zero-order valence-corrected chi connectivity index (χ0v) is 19.7. The highest BCUT2D eigenvalue weighted by atomic mass is 32.1. The van der Waals surface area contributed by atoms with Crippen molar-refractivity contribution in [1.82, 2.24) is 35.5 Å². The maximum Gasteiger partial charge on any atom is 0.135 e. The zero-order valence-electron chi connectivity index (χ0n) is 18.9. The van der Waals surface area contributed by atoms with Gasteiger partial charge in [0.2, 0.25) is 0 Å². The highest BCUT2D eigenvalue weighted by Gasteiger charge is 2.16. The number of hydrogen-bond acceptors (Lipinski definition) is 6. The topological polar surface area (TPSA) is 95.2 Å². The van der Waals surface area contributed by atoms with E-state index in [4.69, 9.17) is 4.98 Å². The van der Waals surface area contributed by atoms with Crippen molar-refractivity contribution >= 4 is 33.3 Å². The number of fused-ring (bicyclic) bond motifs is 2. The van der Waals surface area contributed by atoms with E-state index in [1.165, 1.54) is 4.88 Å². The molecule has 0 fully saturated rings. The molecule has 0 saturated heterocycles. The average molecular weight is 466 g/mol. The molecule has 0 unspecified atom stereocenters. The van der Waals surface area contributed by atoms with Crippen molar-refractivity contribution in [2.24, 2.45) is 0 Å². The van der Waals surface area contributed by atoms with Gasteiger partial charge < -0.3 is 10.3 Å². The van der Waals surface area contributed by atoms with Gasteiger partial charge in [-0.3, -0.25) is 15.1 Å². The summed E-state index contributed by atoms with van der Waals surface area (Å²) in [6.45, 7) is 5.91. The van der Waals surface area contributed by atoms with Gasteiger partial charge in [0.15, 0.2) is 0 Å². The number of nitrogens with one attached hydrogen (secondary N) is 3. The molecule has 6 aromatic rings. The number of aromatic nitrogens is 6. The number of hydrogen-bond donors (Lipinski definition) is 3. The maximum absolute atomic E-state index is 4.97. The molecular weight excluding hydrogens is 442 g/mol. The molecule has 0 aromatic carbocycles. The molecule has 3 N–H and O–H groups in total. The van der Waals surface area contributed by atoms with Crippen LogP contribution < -0.4 is 5.32 Å². The number of H-pyrrole nitrogens is 2. The molecule has 6 heterocycles. The molecule has 0 bridgehead atoms. The Balaban J connectivity index is 1.44. The highest BCUT2D eigenvalue weighted by Crippen LogP contribution is 2.35. The normalized spacial score (nSPS) is 11.6. The predicted molar refractivity (Wildman–Crippen MR) is 138 cm³/mol. The van der Waals surface area contributed by atoms with Gasteiger partial charge in [0.05, 0.1) is 27.5 Å². The van der Waals surface area contributed by atoms with Crippen LogP contribution in [0.3, 0.4) is 0 Å². The molecule has 7 nitrogen and oxygen atoms in total. The van der Waals surface area contributed by atoms with E-state index in [1.54, 1.807) is 11.3 Å². The van der Waals surface area contributed by atoms with E-state index in [0.29, 0.717) is 0 Å². The Morgan fingerprint density at radius 3 is 2.79 bits per heavy atom. The van der Waals surface area contributed by atoms with Crippen LogP contribution in [-0.4, -0.2) is 36.7 Å². The minimum absolute atomic E-state index is 0.783. The summed E-state index contributed by atoms with van der Waals surface area (Å²) >= 11 is 1.75. The molecule has 168 valence electrons. The first kappa shape index (κ1) is 20.7. The molecular formula is C26H23N7S. The van der Waals surface area contributed by atoms with Crippen LogP contribution in [0.4, 0.5) is 0 Å². The first-order valence-corrected chi connectivity index (χ1v) is 12.1. The fraction of sp³-hybridized carbons (Fsp3) is 0.154. The summed E-state index contributed by atoms with van der Waals surface area (Å²) in [5.41, 5.74) is 8.41. The summed E-state index contributed by atoms with van der Waals surface area (Å²) in [5, 5.41) is 12.1. The molecule has 0 radical (unpaired) electrons. The summed E-state index contributed by atoms with van der Waals surface area (Å²) in [6.07, 6.45) is 5.59. The standard InChI is InChI=1S/C26H23N7S/c1-3-27-12-16-10-17(14-28-13-16)19-5-6-21-25(31-19)26(33-32-21)22-11-18-20(30-22)8-9-29-24(18)23-7-4-15(2)34-23/h4-11,13-14,27,30H,3,12H2,1-2H3,(H,32,33). The number of rotatable bonds is 6. The van der Waals surface area contributed by atoms with Crippen LogP contribution in [0.1, 0.15) is 17.4 Å². The number of aryl methyl sites for hydroxylation is 1. The van der Waals surface area contributed by atoms with Gasteiger partial charge in [-0.1, -0.05) is 6.92 Å². The molecule has 0 aliphatic carbocycles. The Hall–Kier alpha value is -3.88. The van der Waals surface area contributed by atoms with E-state index in [2.05, 4.69) is 68.6 Å². The summed E-state index contributed by atoms with van der Waals surface area (Å²) < 4.78 is 0. The van der Waals surface area contributed by atoms with Crippen LogP contribution >= 0.6 is 11.3 Å². The van der Waals surface area contributed by atoms with Crippen LogP contribution in [0.5, 0.6) is 0 Å². The van der Waals surface area contributed by atoms with E-state index in [0.717, 1.165) is 73.8 Å². The highest BCUT2D eigenvalue weighted by molar-refractivity contribution is 7.15. The van der Waals surface area contributed by atoms with E-state index in [9.17, 15) is 0 Å². The van der Waals surface area contributed by atoms with E-state index in [-0.39, 0.29) is 0 Å². The summed E-state index contributed by atoms with van der Waals surface area (Å²) in [6, 6.07) is 14.5. The Kier molecular flexibility index (Phi) is 5.16. The molecule has 0 saturated carbocycles. The molecule has 0 spiro atoms. The maximum atomic E-state index is 4.97. The van der Waals surface area contributed by atoms with Gasteiger partial charge in [0.1, 0.15) is 11.2 Å². The smallest absolute Gasteiger partial charge is 0.135 e. The fourth-order valence-corrected chi connectivity index (χ4v) is 5.06. The van der Waals surface area contributed by atoms with Crippen molar-refractivity contribution in [1.29, 1.82) is 0 Å². The van der Waals surface area contributed by atoms with Crippen molar-refractivity contribution in [2.45, 2.75) is 20.4 Å². The van der Waals surface area contributed by atoms with Gasteiger partial charge in [-0.25, -0.2) is 4.98 Å². The summed E-state index contributed by atoms with van der Waals surface area (Å²) in [7, 11) is 0. The van der Waals surface area contributed by atoms with Crippen molar-refractivity contribution in [3.63, 3.8) is 0 Å². The van der Waals surface area contributed by atoms with Crippen LogP contribution in [0.15, 0.2) is 61.1 Å². The van der Waals surface area contributed by atoms with E-state index >= 15 is 0 Å². The van der Waals surface area contributed by atoms with Crippen LogP contribution in [-0.2, 0) is 6.54 Å². The van der Waals surface area contributed by atoms with Crippen molar-refractivity contribution in [3.8, 4) is 33.2 Å². The first-order valence-electron chi connectivity index (χ1n) is 11.2. The second-order valence-electron chi connectivity index (χ2n) is 8.24. The van der Waals surface area contributed by atoms with Crippen molar-refractivity contribution < 1.29 is 0 Å². The lowest BCUT2D eigenvalue weighted by atomic mass is 10.1. The lowest BCUT2D eigenvalue weighted by molar-refractivity contribution is 0.724. The molecule has 0 aliphatic rings. The second kappa shape index (κ2) is 8.48. The number of pyridine rings is 3. The molecule has 0 atom stereocenters. The first-order chi connectivity index (χ1) is 16.7. The predicted octanol–water partition coefficient (Wildman–Crippen LogP) is 5.71. The Morgan fingerprint density at radius 2 is 1.94 bits per heavy atom. The SMILES string of the molecule is CCNCc1cncc(-c2ccc3[nH]nc(-c4cc5c(-c6ccc(C)s6)nccc5[nH]4)c3n2)c1. The molecule has 0 amide bonds. The van der Waals surface area contributed by atoms with Crippen molar-refractivity contribution in [2.75, 3.05) is 6.54 Å². The van der Waals surface area contributed by atoms with Gasteiger partial charge in [-0.05, 0) is 61.5 Å². The van der Waals surface area contributed by atoms with Gasteiger partial charge in [0, 0.05) is 46.5 Å².